The lowest BCUT2D eigenvalue weighted by atomic mass is 9.84. The second-order valence-corrected chi connectivity index (χ2v) is 4.28. The molecule has 1 amide bonds. The van der Waals surface area contributed by atoms with Crippen LogP contribution in [-0.2, 0) is 4.79 Å². The van der Waals surface area contributed by atoms with Gasteiger partial charge in [-0.05, 0) is 23.6 Å². The van der Waals surface area contributed by atoms with Crippen LogP contribution in [0.5, 0.6) is 0 Å². The Balaban J connectivity index is 2.45. The Labute approximate surface area is 98.8 Å². The number of rotatable bonds is 3. The van der Waals surface area contributed by atoms with E-state index in [9.17, 15) is 9.90 Å². The number of carbonyl (C=O) groups is 1. The van der Waals surface area contributed by atoms with Crippen LogP contribution in [0.25, 0.3) is 0 Å². The highest BCUT2D eigenvalue weighted by atomic mass is 79.9. The van der Waals surface area contributed by atoms with Crippen LogP contribution < -0.4 is 5.32 Å². The quantitative estimate of drug-likeness (QED) is 0.764. The third-order valence-electron chi connectivity index (χ3n) is 2.89. The maximum atomic E-state index is 11.2. The van der Waals surface area contributed by atoms with Crippen molar-refractivity contribution < 1.29 is 9.90 Å². The largest absolute Gasteiger partial charge is 0.394 e. The van der Waals surface area contributed by atoms with E-state index in [1.165, 1.54) is 19.3 Å². The monoisotopic (exact) mass is 273 g/mol. The number of nitrogens with one attached hydrogen (secondary N) is 1. The van der Waals surface area contributed by atoms with Gasteiger partial charge in [0.05, 0.1) is 12.6 Å². The molecule has 0 spiro atoms. The molecule has 84 valence electrons. The van der Waals surface area contributed by atoms with Gasteiger partial charge in [0.2, 0.25) is 0 Å². The molecule has 3 nitrogen and oxygen atoms in total. The molecule has 0 bridgehead atoms. The number of aliphatic hydroxyl groups is 1. The molecule has 1 atom stereocenters. The van der Waals surface area contributed by atoms with E-state index < -0.39 is 0 Å². The van der Waals surface area contributed by atoms with Gasteiger partial charge in [0.15, 0.2) is 0 Å². The van der Waals surface area contributed by atoms with Crippen molar-refractivity contribution in [3.05, 3.63) is 0 Å². The van der Waals surface area contributed by atoms with Crippen molar-refractivity contribution in [2.45, 2.75) is 38.1 Å². The summed E-state index contributed by atoms with van der Waals surface area (Å²) in [5, 5.41) is 12.0. The van der Waals surface area contributed by atoms with E-state index in [0.29, 0.717) is 5.92 Å². The number of hydrogen-bond acceptors (Lipinski definition) is 2. The van der Waals surface area contributed by atoms with Gasteiger partial charge in [-0.1, -0.05) is 19.3 Å². The Morgan fingerprint density at radius 2 is 2.13 bits per heavy atom. The standard InChI is InChI=1S/C11H16BrNO2/c12-7-6-11(15)13-10(8-14)9-4-2-1-3-5-9/h9-10,14H,1-5,8H2,(H,13,15). The number of amides is 1. The molecule has 0 heterocycles. The number of halogens is 1. The van der Waals surface area contributed by atoms with Crippen LogP contribution >= 0.6 is 15.9 Å². The predicted molar refractivity (Wildman–Crippen MR) is 62.3 cm³/mol. The highest BCUT2D eigenvalue weighted by molar-refractivity contribution is 9.12. The van der Waals surface area contributed by atoms with E-state index in [1.54, 1.807) is 0 Å². The van der Waals surface area contributed by atoms with Crippen LogP contribution in [0.15, 0.2) is 0 Å². The maximum absolute atomic E-state index is 11.2. The van der Waals surface area contributed by atoms with Gasteiger partial charge in [0.25, 0.3) is 5.91 Å². The topological polar surface area (TPSA) is 49.3 Å². The molecule has 0 aromatic heterocycles. The van der Waals surface area contributed by atoms with E-state index >= 15 is 0 Å². The van der Waals surface area contributed by atoms with Gasteiger partial charge in [0, 0.05) is 21.9 Å². The lowest BCUT2D eigenvalue weighted by Gasteiger charge is -2.28. The first-order valence-electron chi connectivity index (χ1n) is 5.31. The molecule has 0 radical (unpaired) electrons. The van der Waals surface area contributed by atoms with E-state index in [0.717, 1.165) is 12.8 Å². The molecule has 1 rings (SSSR count). The van der Waals surface area contributed by atoms with Crippen molar-refractivity contribution in [3.8, 4) is 10.8 Å². The average molecular weight is 274 g/mol. The van der Waals surface area contributed by atoms with Crippen LogP contribution in [0.4, 0.5) is 0 Å². The van der Waals surface area contributed by atoms with Gasteiger partial charge in [-0.3, -0.25) is 4.79 Å². The van der Waals surface area contributed by atoms with E-state index in [2.05, 4.69) is 32.0 Å². The first kappa shape index (κ1) is 12.5. The zero-order valence-electron chi connectivity index (χ0n) is 8.63. The van der Waals surface area contributed by atoms with Crippen molar-refractivity contribution in [2.75, 3.05) is 6.61 Å². The maximum Gasteiger partial charge on any atom is 0.297 e. The first-order valence-corrected chi connectivity index (χ1v) is 6.10. The van der Waals surface area contributed by atoms with Crippen molar-refractivity contribution in [1.82, 2.24) is 5.32 Å². The summed E-state index contributed by atoms with van der Waals surface area (Å²) in [5.74, 6) is 2.44. The van der Waals surface area contributed by atoms with Crippen LogP contribution in [0.2, 0.25) is 0 Å². The first-order chi connectivity index (χ1) is 7.27. The molecule has 0 saturated heterocycles. The van der Waals surface area contributed by atoms with Crippen molar-refractivity contribution in [2.24, 2.45) is 5.92 Å². The molecular formula is C11H16BrNO2. The molecule has 4 heteroatoms. The zero-order chi connectivity index (χ0) is 11.1. The Kier molecular flexibility index (Phi) is 5.74. The van der Waals surface area contributed by atoms with Crippen molar-refractivity contribution in [1.29, 1.82) is 0 Å². The van der Waals surface area contributed by atoms with Gasteiger partial charge >= 0.3 is 0 Å². The molecule has 2 N–H and O–H groups in total. The fourth-order valence-electron chi connectivity index (χ4n) is 2.10. The van der Waals surface area contributed by atoms with Crippen LogP contribution in [0.1, 0.15) is 32.1 Å². The molecule has 0 aromatic rings. The molecular weight excluding hydrogens is 258 g/mol. The Morgan fingerprint density at radius 1 is 1.47 bits per heavy atom. The molecule has 15 heavy (non-hydrogen) atoms. The van der Waals surface area contributed by atoms with E-state index in [-0.39, 0.29) is 18.6 Å². The number of hydrogen-bond donors (Lipinski definition) is 2. The summed E-state index contributed by atoms with van der Waals surface area (Å²) in [4.78, 5) is 13.6. The van der Waals surface area contributed by atoms with E-state index in [4.69, 9.17) is 0 Å². The van der Waals surface area contributed by atoms with Gasteiger partial charge < -0.3 is 10.4 Å². The summed E-state index contributed by atoms with van der Waals surface area (Å²) in [6.07, 6.45) is 5.84. The van der Waals surface area contributed by atoms with Crippen LogP contribution in [0.3, 0.4) is 0 Å². The zero-order valence-corrected chi connectivity index (χ0v) is 10.2. The lowest BCUT2D eigenvalue weighted by molar-refractivity contribution is -0.117. The fraction of sp³-hybridized carbons (Fsp3) is 0.727. The highest BCUT2D eigenvalue weighted by Gasteiger charge is 2.23. The smallest absolute Gasteiger partial charge is 0.297 e. The Morgan fingerprint density at radius 3 is 2.67 bits per heavy atom. The molecule has 1 aliphatic rings. The normalized spacial score (nSPS) is 18.8. The Bertz CT molecular complexity index is 263. The van der Waals surface area contributed by atoms with Crippen molar-refractivity contribution in [3.63, 3.8) is 0 Å². The molecule has 0 aliphatic heterocycles. The minimum atomic E-state index is -0.323. The molecule has 1 unspecified atom stereocenters. The summed E-state index contributed by atoms with van der Waals surface area (Å²) in [7, 11) is 0. The summed E-state index contributed by atoms with van der Waals surface area (Å²) >= 11 is 2.87. The third-order valence-corrected chi connectivity index (χ3v) is 3.09. The molecule has 1 aliphatic carbocycles. The van der Waals surface area contributed by atoms with Gasteiger partial charge in [-0.25, -0.2) is 0 Å². The minimum absolute atomic E-state index is 0.000369. The van der Waals surface area contributed by atoms with Gasteiger partial charge in [0.1, 0.15) is 0 Å². The predicted octanol–water partition coefficient (Wildman–Crippen LogP) is 1.40. The summed E-state index contributed by atoms with van der Waals surface area (Å²) in [5.41, 5.74) is 0. The second kappa shape index (κ2) is 6.86. The third kappa shape index (κ3) is 4.23. The van der Waals surface area contributed by atoms with Crippen molar-refractivity contribution >= 4 is 21.8 Å². The highest BCUT2D eigenvalue weighted by Crippen LogP contribution is 2.26. The minimum Gasteiger partial charge on any atom is -0.394 e. The Hall–Kier alpha value is -0.530. The average Bonchev–Trinajstić information content (AvgIpc) is 2.27. The molecule has 1 fully saturated rings. The van der Waals surface area contributed by atoms with Crippen LogP contribution in [0, 0.1) is 16.7 Å². The summed E-state index contributed by atoms with van der Waals surface area (Å²) < 4.78 is 0. The second-order valence-electron chi connectivity index (χ2n) is 3.88. The summed E-state index contributed by atoms with van der Waals surface area (Å²) in [6.45, 7) is 0.000369. The van der Waals surface area contributed by atoms with E-state index in [1.807, 2.05) is 0 Å². The fourth-order valence-corrected chi connectivity index (χ4v) is 2.28. The van der Waals surface area contributed by atoms with Gasteiger partial charge in [-0.15, -0.1) is 0 Å². The molecule has 0 aromatic carbocycles. The summed E-state index contributed by atoms with van der Waals surface area (Å²) in [6, 6.07) is -0.133. The number of aliphatic hydroxyl groups excluding tert-OH is 1. The van der Waals surface area contributed by atoms with Crippen LogP contribution in [-0.4, -0.2) is 23.7 Å². The SMILES string of the molecule is O=C(C#CBr)NC(CO)C1CCCCC1. The molecule has 1 saturated carbocycles. The van der Waals surface area contributed by atoms with Gasteiger partial charge in [-0.2, -0.15) is 0 Å². The number of carbonyl (C=O) groups excluding carboxylic acids is 1. The lowest BCUT2D eigenvalue weighted by Crippen LogP contribution is -2.43.